The molecule has 1 N–H and O–H groups in total. The van der Waals surface area contributed by atoms with Crippen LogP contribution in [0.25, 0.3) is 0 Å². The molecule has 0 fully saturated rings. The van der Waals surface area contributed by atoms with Gasteiger partial charge < -0.3 is 14.6 Å². The second-order valence-electron chi connectivity index (χ2n) is 3.98. The molecule has 0 saturated heterocycles. The van der Waals surface area contributed by atoms with Crippen LogP contribution in [-0.4, -0.2) is 24.8 Å². The van der Waals surface area contributed by atoms with Gasteiger partial charge in [-0.05, 0) is 38.4 Å². The Labute approximate surface area is 92.4 Å². The van der Waals surface area contributed by atoms with Crippen molar-refractivity contribution in [3.8, 4) is 0 Å². The van der Waals surface area contributed by atoms with E-state index in [4.69, 9.17) is 4.74 Å². The van der Waals surface area contributed by atoms with Crippen molar-refractivity contribution in [1.29, 1.82) is 0 Å². The molecule has 0 bridgehead atoms. The second-order valence-corrected chi connectivity index (χ2v) is 3.98. The smallest absolute Gasteiger partial charge is 0.0474 e. The standard InChI is InChI=1S/C12H22N2O/c1-10-8-12(11(2)14(10)3)9-13-6-5-7-15-4/h8,13H,5-7,9H2,1-4H3. The fraction of sp³-hybridized carbons (Fsp3) is 0.667. The molecule has 0 aliphatic rings. The first-order valence-electron chi connectivity index (χ1n) is 5.48. The Morgan fingerprint density at radius 2 is 2.13 bits per heavy atom. The second kappa shape index (κ2) is 5.93. The van der Waals surface area contributed by atoms with E-state index in [-0.39, 0.29) is 0 Å². The summed E-state index contributed by atoms with van der Waals surface area (Å²) in [6.45, 7) is 7.11. The largest absolute Gasteiger partial charge is 0.385 e. The van der Waals surface area contributed by atoms with E-state index in [0.717, 1.165) is 26.1 Å². The number of rotatable bonds is 6. The predicted molar refractivity (Wildman–Crippen MR) is 63.1 cm³/mol. The maximum atomic E-state index is 5.00. The highest BCUT2D eigenvalue weighted by atomic mass is 16.5. The highest BCUT2D eigenvalue weighted by Gasteiger charge is 2.04. The van der Waals surface area contributed by atoms with Crippen molar-refractivity contribution < 1.29 is 4.74 Å². The van der Waals surface area contributed by atoms with Gasteiger partial charge in [0.1, 0.15) is 0 Å². The lowest BCUT2D eigenvalue weighted by Crippen LogP contribution is -2.16. The molecule has 0 unspecified atom stereocenters. The highest BCUT2D eigenvalue weighted by Crippen LogP contribution is 2.12. The Morgan fingerprint density at radius 3 is 2.67 bits per heavy atom. The first-order chi connectivity index (χ1) is 7.16. The molecule has 15 heavy (non-hydrogen) atoms. The van der Waals surface area contributed by atoms with Gasteiger partial charge in [0.2, 0.25) is 0 Å². The van der Waals surface area contributed by atoms with Gasteiger partial charge in [-0.3, -0.25) is 0 Å². The molecule has 0 atom stereocenters. The van der Waals surface area contributed by atoms with E-state index >= 15 is 0 Å². The van der Waals surface area contributed by atoms with Crippen molar-refractivity contribution in [2.24, 2.45) is 7.05 Å². The lowest BCUT2D eigenvalue weighted by Gasteiger charge is -2.05. The Balaban J connectivity index is 2.34. The quantitative estimate of drug-likeness (QED) is 0.724. The van der Waals surface area contributed by atoms with E-state index < -0.39 is 0 Å². The monoisotopic (exact) mass is 210 g/mol. The summed E-state index contributed by atoms with van der Waals surface area (Å²) in [7, 11) is 3.85. The lowest BCUT2D eigenvalue weighted by atomic mass is 10.2. The lowest BCUT2D eigenvalue weighted by molar-refractivity contribution is 0.194. The van der Waals surface area contributed by atoms with Gasteiger partial charge in [0.15, 0.2) is 0 Å². The molecule has 0 spiro atoms. The SMILES string of the molecule is COCCCNCc1cc(C)n(C)c1C. The van der Waals surface area contributed by atoms with Gasteiger partial charge in [0.05, 0.1) is 0 Å². The van der Waals surface area contributed by atoms with Crippen molar-refractivity contribution in [2.45, 2.75) is 26.8 Å². The number of aromatic nitrogens is 1. The number of methoxy groups -OCH3 is 1. The molecule has 0 aromatic carbocycles. The molecule has 3 heteroatoms. The first-order valence-corrected chi connectivity index (χ1v) is 5.48. The summed E-state index contributed by atoms with van der Waals surface area (Å²) < 4.78 is 7.23. The molecule has 3 nitrogen and oxygen atoms in total. The number of ether oxygens (including phenoxy) is 1. The fourth-order valence-corrected chi connectivity index (χ4v) is 1.68. The predicted octanol–water partition coefficient (Wildman–Crippen LogP) is 1.77. The van der Waals surface area contributed by atoms with E-state index in [0.29, 0.717) is 0 Å². The third kappa shape index (κ3) is 3.36. The molecule has 1 rings (SSSR count). The van der Waals surface area contributed by atoms with Crippen LogP contribution in [0.1, 0.15) is 23.4 Å². The van der Waals surface area contributed by atoms with Gasteiger partial charge in [0.25, 0.3) is 0 Å². The van der Waals surface area contributed by atoms with Crippen LogP contribution in [0.5, 0.6) is 0 Å². The van der Waals surface area contributed by atoms with Crippen LogP contribution in [0.3, 0.4) is 0 Å². The Hall–Kier alpha value is -0.800. The molecule has 86 valence electrons. The Kier molecular flexibility index (Phi) is 4.85. The van der Waals surface area contributed by atoms with Gasteiger partial charge in [-0.25, -0.2) is 0 Å². The molecular formula is C12H22N2O. The van der Waals surface area contributed by atoms with E-state index in [9.17, 15) is 0 Å². The summed E-state index contributed by atoms with van der Waals surface area (Å²) in [5.41, 5.74) is 4.07. The summed E-state index contributed by atoms with van der Waals surface area (Å²) in [5, 5.41) is 3.42. The molecule has 1 aromatic rings. The Morgan fingerprint density at radius 1 is 1.40 bits per heavy atom. The first kappa shape index (κ1) is 12.3. The van der Waals surface area contributed by atoms with Crippen molar-refractivity contribution in [3.63, 3.8) is 0 Å². The molecule has 0 saturated carbocycles. The maximum absolute atomic E-state index is 5.00. The van der Waals surface area contributed by atoms with Crippen molar-refractivity contribution >= 4 is 0 Å². The molecular weight excluding hydrogens is 188 g/mol. The van der Waals surface area contributed by atoms with Crippen LogP contribution in [0.2, 0.25) is 0 Å². The van der Waals surface area contributed by atoms with Crippen LogP contribution >= 0.6 is 0 Å². The van der Waals surface area contributed by atoms with Gasteiger partial charge >= 0.3 is 0 Å². The average molecular weight is 210 g/mol. The number of hydrogen-bond donors (Lipinski definition) is 1. The topological polar surface area (TPSA) is 26.2 Å². The highest BCUT2D eigenvalue weighted by molar-refractivity contribution is 5.26. The molecule has 1 aromatic heterocycles. The summed E-state index contributed by atoms with van der Waals surface area (Å²) in [6, 6.07) is 2.25. The fourth-order valence-electron chi connectivity index (χ4n) is 1.68. The number of nitrogens with one attached hydrogen (secondary N) is 1. The number of hydrogen-bond acceptors (Lipinski definition) is 2. The van der Waals surface area contributed by atoms with Gasteiger partial charge in [-0.15, -0.1) is 0 Å². The van der Waals surface area contributed by atoms with Crippen LogP contribution in [-0.2, 0) is 18.3 Å². The zero-order valence-electron chi connectivity index (χ0n) is 10.3. The Bertz CT molecular complexity index is 305. The third-order valence-corrected chi connectivity index (χ3v) is 2.90. The minimum absolute atomic E-state index is 0.833. The van der Waals surface area contributed by atoms with Crippen LogP contribution in [0.4, 0.5) is 0 Å². The van der Waals surface area contributed by atoms with Gasteiger partial charge in [0, 0.05) is 38.7 Å². The van der Waals surface area contributed by atoms with E-state index in [1.54, 1.807) is 7.11 Å². The van der Waals surface area contributed by atoms with E-state index in [2.05, 4.69) is 36.8 Å². The minimum Gasteiger partial charge on any atom is -0.385 e. The van der Waals surface area contributed by atoms with Crippen molar-refractivity contribution in [3.05, 3.63) is 23.0 Å². The minimum atomic E-state index is 0.833. The number of aryl methyl sites for hydroxylation is 1. The average Bonchev–Trinajstić information content (AvgIpc) is 2.46. The molecule has 0 aliphatic carbocycles. The van der Waals surface area contributed by atoms with Gasteiger partial charge in [-0.2, -0.15) is 0 Å². The summed E-state index contributed by atoms with van der Waals surface area (Å²) in [5.74, 6) is 0. The third-order valence-electron chi connectivity index (χ3n) is 2.90. The van der Waals surface area contributed by atoms with Gasteiger partial charge in [-0.1, -0.05) is 0 Å². The van der Waals surface area contributed by atoms with Crippen LogP contribution in [0.15, 0.2) is 6.07 Å². The molecule has 0 aliphatic heterocycles. The molecule has 0 amide bonds. The normalized spacial score (nSPS) is 10.9. The summed E-state index contributed by atoms with van der Waals surface area (Å²) in [6.07, 6.45) is 1.07. The van der Waals surface area contributed by atoms with Crippen LogP contribution < -0.4 is 5.32 Å². The number of nitrogens with zero attached hydrogens (tertiary/aromatic N) is 1. The van der Waals surface area contributed by atoms with Crippen LogP contribution in [0, 0.1) is 13.8 Å². The van der Waals surface area contributed by atoms with Crippen molar-refractivity contribution in [1.82, 2.24) is 9.88 Å². The zero-order valence-corrected chi connectivity index (χ0v) is 10.3. The zero-order chi connectivity index (χ0) is 11.3. The maximum Gasteiger partial charge on any atom is 0.0474 e. The van der Waals surface area contributed by atoms with Crippen molar-refractivity contribution in [2.75, 3.05) is 20.3 Å². The van der Waals surface area contributed by atoms with E-state index in [1.807, 2.05) is 0 Å². The summed E-state index contributed by atoms with van der Waals surface area (Å²) in [4.78, 5) is 0. The molecule has 0 radical (unpaired) electrons. The molecule has 1 heterocycles. The summed E-state index contributed by atoms with van der Waals surface area (Å²) >= 11 is 0. The van der Waals surface area contributed by atoms with E-state index in [1.165, 1.54) is 17.0 Å².